The second-order valence-corrected chi connectivity index (χ2v) is 5.94. The van der Waals surface area contributed by atoms with Crippen molar-refractivity contribution in [3.63, 3.8) is 0 Å². The maximum absolute atomic E-state index is 11.3. The zero-order valence-corrected chi connectivity index (χ0v) is 12.0. The molecule has 19 heavy (non-hydrogen) atoms. The molecular formula is C13H14ClN3OS. The lowest BCUT2D eigenvalue weighted by atomic mass is 10.4. The fourth-order valence-corrected chi connectivity index (χ4v) is 2.64. The van der Waals surface area contributed by atoms with Crippen molar-refractivity contribution in [2.24, 2.45) is 0 Å². The van der Waals surface area contributed by atoms with Crippen LogP contribution in [0.15, 0.2) is 46.2 Å². The Bertz CT molecular complexity index is 588. The summed E-state index contributed by atoms with van der Waals surface area (Å²) in [4.78, 5) is 12.5. The van der Waals surface area contributed by atoms with Crippen LogP contribution in [0.25, 0.3) is 0 Å². The smallest absolute Gasteiger partial charge is 0.285 e. The summed E-state index contributed by atoms with van der Waals surface area (Å²) in [6, 6.07) is 10.2. The molecule has 2 rings (SSSR count). The van der Waals surface area contributed by atoms with Crippen LogP contribution in [0.3, 0.4) is 0 Å². The van der Waals surface area contributed by atoms with Crippen LogP contribution in [0.4, 0.5) is 5.69 Å². The predicted octanol–water partition coefficient (Wildman–Crippen LogP) is 3.02. The molecule has 0 amide bonds. The Morgan fingerprint density at radius 3 is 2.89 bits per heavy atom. The summed E-state index contributed by atoms with van der Waals surface area (Å²) in [6.07, 6.45) is 1.52. The van der Waals surface area contributed by atoms with Crippen molar-refractivity contribution in [3.8, 4) is 0 Å². The monoisotopic (exact) mass is 295 g/mol. The van der Waals surface area contributed by atoms with E-state index in [1.54, 1.807) is 11.8 Å². The first-order chi connectivity index (χ1) is 9.16. The van der Waals surface area contributed by atoms with Gasteiger partial charge in [0.1, 0.15) is 5.02 Å². The van der Waals surface area contributed by atoms with Gasteiger partial charge in [0.15, 0.2) is 0 Å². The van der Waals surface area contributed by atoms with Gasteiger partial charge in [-0.1, -0.05) is 36.7 Å². The largest absolute Gasteiger partial charge is 0.381 e. The van der Waals surface area contributed by atoms with E-state index >= 15 is 0 Å². The van der Waals surface area contributed by atoms with E-state index < -0.39 is 0 Å². The van der Waals surface area contributed by atoms with E-state index in [0.29, 0.717) is 17.5 Å². The van der Waals surface area contributed by atoms with Gasteiger partial charge in [-0.15, -0.1) is 11.8 Å². The number of nitrogens with zero attached hydrogens (tertiary/aromatic N) is 1. The van der Waals surface area contributed by atoms with Gasteiger partial charge in [0, 0.05) is 16.7 Å². The first kappa shape index (κ1) is 14.0. The maximum Gasteiger partial charge on any atom is 0.285 e. The number of hydrogen-bond acceptors (Lipinski definition) is 4. The predicted molar refractivity (Wildman–Crippen MR) is 80.1 cm³/mol. The standard InChI is InChI=1S/C13H14ClN3OS/c1-9(19-10-5-3-2-4-6-10)7-15-11-8-16-17-13(18)12(11)14/h2-6,8-9H,7H2,1H3,(H2,15,17,18). The minimum Gasteiger partial charge on any atom is -0.381 e. The fourth-order valence-electron chi connectivity index (χ4n) is 1.53. The van der Waals surface area contributed by atoms with Gasteiger partial charge < -0.3 is 5.32 Å². The molecule has 0 spiro atoms. The lowest BCUT2D eigenvalue weighted by Gasteiger charge is -2.13. The molecule has 0 aliphatic rings. The van der Waals surface area contributed by atoms with Crippen LogP contribution in [-0.2, 0) is 0 Å². The van der Waals surface area contributed by atoms with Gasteiger partial charge in [-0.3, -0.25) is 4.79 Å². The van der Waals surface area contributed by atoms with Gasteiger partial charge in [0.2, 0.25) is 0 Å². The van der Waals surface area contributed by atoms with Crippen LogP contribution in [0, 0.1) is 0 Å². The quantitative estimate of drug-likeness (QED) is 0.833. The third kappa shape index (κ3) is 4.01. The Morgan fingerprint density at radius 1 is 1.42 bits per heavy atom. The van der Waals surface area contributed by atoms with Gasteiger partial charge >= 0.3 is 0 Å². The molecule has 1 heterocycles. The zero-order valence-electron chi connectivity index (χ0n) is 10.4. The number of H-pyrrole nitrogens is 1. The summed E-state index contributed by atoms with van der Waals surface area (Å²) in [5.74, 6) is 0. The van der Waals surface area contributed by atoms with Crippen molar-refractivity contribution in [1.29, 1.82) is 0 Å². The van der Waals surface area contributed by atoms with E-state index in [1.807, 2.05) is 18.2 Å². The lowest BCUT2D eigenvalue weighted by molar-refractivity contribution is 0.962. The molecule has 100 valence electrons. The zero-order chi connectivity index (χ0) is 13.7. The summed E-state index contributed by atoms with van der Waals surface area (Å²) < 4.78 is 0. The number of rotatable bonds is 5. The number of thioether (sulfide) groups is 1. The van der Waals surface area contributed by atoms with E-state index in [4.69, 9.17) is 11.6 Å². The number of benzene rings is 1. The minimum absolute atomic E-state index is 0.145. The number of halogens is 1. The average molecular weight is 296 g/mol. The normalized spacial score (nSPS) is 12.1. The van der Waals surface area contributed by atoms with Gasteiger partial charge in [0.25, 0.3) is 5.56 Å². The number of anilines is 1. The van der Waals surface area contributed by atoms with E-state index in [-0.39, 0.29) is 10.6 Å². The molecule has 1 atom stereocenters. The number of aromatic amines is 1. The average Bonchev–Trinajstić information content (AvgIpc) is 2.42. The van der Waals surface area contributed by atoms with Crippen molar-refractivity contribution >= 4 is 29.1 Å². The van der Waals surface area contributed by atoms with Crippen LogP contribution in [0.2, 0.25) is 5.02 Å². The van der Waals surface area contributed by atoms with Crippen molar-refractivity contribution in [2.75, 3.05) is 11.9 Å². The van der Waals surface area contributed by atoms with E-state index in [9.17, 15) is 4.79 Å². The Labute approximate surface area is 120 Å². The highest BCUT2D eigenvalue weighted by Gasteiger charge is 2.08. The Hall–Kier alpha value is -1.46. The molecule has 1 aromatic carbocycles. The minimum atomic E-state index is -0.380. The first-order valence-electron chi connectivity index (χ1n) is 5.85. The highest BCUT2D eigenvalue weighted by molar-refractivity contribution is 8.00. The Kier molecular flexibility index (Phi) is 4.87. The molecular weight excluding hydrogens is 282 g/mol. The summed E-state index contributed by atoms with van der Waals surface area (Å²) >= 11 is 7.64. The van der Waals surface area contributed by atoms with Gasteiger partial charge in [-0.05, 0) is 12.1 Å². The summed E-state index contributed by atoms with van der Waals surface area (Å²) in [5, 5.41) is 9.63. The third-order valence-corrected chi connectivity index (χ3v) is 3.94. The van der Waals surface area contributed by atoms with Crippen LogP contribution >= 0.6 is 23.4 Å². The van der Waals surface area contributed by atoms with Gasteiger partial charge in [0.05, 0.1) is 11.9 Å². The molecule has 1 aromatic heterocycles. The fraction of sp³-hybridized carbons (Fsp3) is 0.231. The molecule has 0 aliphatic carbocycles. The van der Waals surface area contributed by atoms with Crippen LogP contribution < -0.4 is 10.9 Å². The Morgan fingerprint density at radius 2 is 2.16 bits per heavy atom. The molecule has 0 fully saturated rings. The van der Waals surface area contributed by atoms with Crippen molar-refractivity contribution in [1.82, 2.24) is 10.2 Å². The van der Waals surface area contributed by atoms with Crippen molar-refractivity contribution < 1.29 is 0 Å². The number of hydrogen-bond donors (Lipinski definition) is 2. The molecule has 4 nitrogen and oxygen atoms in total. The second kappa shape index (κ2) is 6.63. The molecule has 2 N–H and O–H groups in total. The first-order valence-corrected chi connectivity index (χ1v) is 7.11. The van der Waals surface area contributed by atoms with Crippen LogP contribution in [0.5, 0.6) is 0 Å². The summed E-state index contributed by atoms with van der Waals surface area (Å²) in [6.45, 7) is 2.81. The van der Waals surface area contributed by atoms with Crippen LogP contribution in [-0.4, -0.2) is 22.0 Å². The molecule has 0 bridgehead atoms. The van der Waals surface area contributed by atoms with Gasteiger partial charge in [-0.25, -0.2) is 5.10 Å². The third-order valence-electron chi connectivity index (χ3n) is 2.46. The summed E-state index contributed by atoms with van der Waals surface area (Å²) in [5.41, 5.74) is 0.181. The van der Waals surface area contributed by atoms with E-state index in [2.05, 4.69) is 34.6 Å². The molecule has 2 aromatic rings. The molecule has 6 heteroatoms. The number of aromatic nitrogens is 2. The second-order valence-electron chi connectivity index (χ2n) is 4.05. The van der Waals surface area contributed by atoms with E-state index in [1.165, 1.54) is 11.1 Å². The van der Waals surface area contributed by atoms with Crippen molar-refractivity contribution in [2.45, 2.75) is 17.1 Å². The lowest BCUT2D eigenvalue weighted by Crippen LogP contribution is -2.17. The maximum atomic E-state index is 11.3. The highest BCUT2D eigenvalue weighted by Crippen LogP contribution is 2.23. The molecule has 0 saturated carbocycles. The molecule has 0 saturated heterocycles. The van der Waals surface area contributed by atoms with Gasteiger partial charge in [-0.2, -0.15) is 5.10 Å². The van der Waals surface area contributed by atoms with E-state index in [0.717, 1.165) is 0 Å². The molecule has 0 radical (unpaired) electrons. The number of nitrogens with one attached hydrogen (secondary N) is 2. The molecule has 1 unspecified atom stereocenters. The van der Waals surface area contributed by atoms with Crippen LogP contribution in [0.1, 0.15) is 6.92 Å². The Balaban J connectivity index is 1.92. The molecule has 0 aliphatic heterocycles. The highest BCUT2D eigenvalue weighted by atomic mass is 35.5. The topological polar surface area (TPSA) is 57.8 Å². The summed E-state index contributed by atoms with van der Waals surface area (Å²) in [7, 11) is 0. The SMILES string of the molecule is CC(CNc1cn[nH]c(=O)c1Cl)Sc1ccccc1. The van der Waals surface area contributed by atoms with Crippen molar-refractivity contribution in [3.05, 3.63) is 51.9 Å².